The highest BCUT2D eigenvalue weighted by Gasteiger charge is 2.16. The third kappa shape index (κ3) is 5.58. The summed E-state index contributed by atoms with van der Waals surface area (Å²) in [4.78, 5) is 17.2. The maximum atomic E-state index is 12.5. The van der Waals surface area contributed by atoms with Crippen LogP contribution in [0.1, 0.15) is 12.0 Å². The second kappa shape index (κ2) is 9.36. The lowest BCUT2D eigenvalue weighted by atomic mass is 10.2. The van der Waals surface area contributed by atoms with Gasteiger partial charge in [0, 0.05) is 39.1 Å². The summed E-state index contributed by atoms with van der Waals surface area (Å²) in [5, 5.41) is 1.93. The van der Waals surface area contributed by atoms with E-state index in [2.05, 4.69) is 34.4 Å². The highest BCUT2D eigenvalue weighted by atomic mass is 16.2. The molecule has 0 bridgehead atoms. The molecule has 2 aromatic rings. The van der Waals surface area contributed by atoms with E-state index in [1.54, 1.807) is 0 Å². The van der Waals surface area contributed by atoms with E-state index in [9.17, 15) is 4.79 Å². The van der Waals surface area contributed by atoms with Crippen molar-refractivity contribution in [2.75, 3.05) is 44.8 Å². The quantitative estimate of drug-likeness (QED) is 0.777. The predicted octanol–water partition coefficient (Wildman–Crippen LogP) is 2.36. The average Bonchev–Trinajstić information content (AvgIpc) is 2.68. The monoisotopic (exact) mass is 352 g/mol. The molecular weight excluding hydrogens is 324 g/mol. The van der Waals surface area contributed by atoms with Gasteiger partial charge in [0.05, 0.1) is 12.2 Å². The number of rotatable bonds is 7. The number of nitrogens with one attached hydrogen (secondary N) is 1. The van der Waals surface area contributed by atoms with Gasteiger partial charge in [-0.1, -0.05) is 48.5 Å². The molecule has 1 fully saturated rings. The summed E-state index contributed by atoms with van der Waals surface area (Å²) in [5.41, 5.74) is 5.24. The van der Waals surface area contributed by atoms with Gasteiger partial charge in [-0.25, -0.2) is 0 Å². The summed E-state index contributed by atoms with van der Waals surface area (Å²) >= 11 is 0. The fraction of sp³-hybridized carbons (Fsp3) is 0.381. The van der Waals surface area contributed by atoms with Crippen molar-refractivity contribution in [2.45, 2.75) is 13.0 Å². The zero-order valence-corrected chi connectivity index (χ0v) is 15.5. The Bertz CT molecular complexity index is 669. The number of hydrogen-bond donors (Lipinski definition) is 1. The summed E-state index contributed by atoms with van der Waals surface area (Å²) in [6.07, 6.45) is 0.516. The molecule has 1 heterocycles. The van der Waals surface area contributed by atoms with Crippen LogP contribution >= 0.6 is 0 Å². The molecule has 1 amide bonds. The van der Waals surface area contributed by atoms with Crippen LogP contribution in [-0.2, 0) is 11.3 Å². The van der Waals surface area contributed by atoms with Crippen LogP contribution in [0.2, 0.25) is 0 Å². The Kier molecular flexibility index (Phi) is 6.63. The van der Waals surface area contributed by atoms with Crippen molar-refractivity contribution in [1.82, 2.24) is 15.2 Å². The first-order valence-corrected chi connectivity index (χ1v) is 9.27. The molecule has 0 aromatic heterocycles. The Morgan fingerprint density at radius 3 is 2.23 bits per heavy atom. The number of amides is 1. The smallest absolute Gasteiger partial charge is 0.239 e. The van der Waals surface area contributed by atoms with E-state index in [-0.39, 0.29) is 5.91 Å². The Morgan fingerprint density at radius 2 is 1.58 bits per heavy atom. The molecule has 5 heteroatoms. The average molecular weight is 352 g/mol. The Labute approximate surface area is 156 Å². The number of carbonyl (C=O) groups is 1. The molecule has 26 heavy (non-hydrogen) atoms. The van der Waals surface area contributed by atoms with Gasteiger partial charge >= 0.3 is 0 Å². The van der Waals surface area contributed by atoms with Crippen LogP contribution in [0.5, 0.6) is 0 Å². The van der Waals surface area contributed by atoms with Gasteiger partial charge in [-0.3, -0.25) is 15.2 Å². The largest absolute Gasteiger partial charge is 0.304 e. The number of likely N-dealkylation sites (N-methyl/N-ethyl adjacent to an activating group) is 1. The van der Waals surface area contributed by atoms with Crippen molar-refractivity contribution >= 4 is 11.6 Å². The number of anilines is 1. The van der Waals surface area contributed by atoms with E-state index in [1.807, 2.05) is 53.5 Å². The van der Waals surface area contributed by atoms with E-state index in [1.165, 1.54) is 0 Å². The summed E-state index contributed by atoms with van der Waals surface area (Å²) in [5.74, 6) is 0.0590. The molecule has 1 saturated heterocycles. The third-order valence-corrected chi connectivity index (χ3v) is 4.76. The first-order valence-electron chi connectivity index (χ1n) is 9.27. The zero-order chi connectivity index (χ0) is 18.2. The highest BCUT2D eigenvalue weighted by Crippen LogP contribution is 2.15. The normalized spacial score (nSPS) is 15.6. The van der Waals surface area contributed by atoms with E-state index < -0.39 is 0 Å². The molecule has 1 aliphatic heterocycles. The molecule has 1 aliphatic rings. The molecule has 3 rings (SSSR count). The molecule has 0 spiro atoms. The first-order chi connectivity index (χ1) is 12.7. The maximum Gasteiger partial charge on any atom is 0.239 e. The lowest BCUT2D eigenvalue weighted by Crippen LogP contribution is -2.47. The van der Waals surface area contributed by atoms with Crippen LogP contribution < -0.4 is 10.4 Å². The second-order valence-corrected chi connectivity index (χ2v) is 6.84. The summed E-state index contributed by atoms with van der Waals surface area (Å²) in [7, 11) is 2.14. The third-order valence-electron chi connectivity index (χ3n) is 4.76. The van der Waals surface area contributed by atoms with Gasteiger partial charge in [0.1, 0.15) is 0 Å². The Morgan fingerprint density at radius 1 is 0.962 bits per heavy atom. The van der Waals surface area contributed by atoms with E-state index in [0.717, 1.165) is 44.0 Å². The number of hydrazine groups is 1. The molecular formula is C21H28N4O. The number of benzene rings is 2. The molecule has 0 unspecified atom stereocenters. The van der Waals surface area contributed by atoms with Crippen LogP contribution in [0.3, 0.4) is 0 Å². The summed E-state index contributed by atoms with van der Waals surface area (Å²) in [6.45, 7) is 5.68. The van der Waals surface area contributed by atoms with Crippen molar-refractivity contribution in [3.63, 3.8) is 0 Å². The molecule has 0 radical (unpaired) electrons. The lowest BCUT2D eigenvalue weighted by Gasteiger charge is -2.32. The van der Waals surface area contributed by atoms with Crippen molar-refractivity contribution in [1.29, 1.82) is 0 Å². The van der Waals surface area contributed by atoms with Crippen LogP contribution in [0.4, 0.5) is 5.69 Å². The van der Waals surface area contributed by atoms with Crippen molar-refractivity contribution in [3.8, 4) is 0 Å². The standard InChI is InChI=1S/C21H28N4O/c1-23-14-16-24(17-15-23)13-12-21(26)22-25(20-10-6-3-7-11-20)18-19-8-4-2-5-9-19/h2-11H,12-18H2,1H3,(H,22,26). The summed E-state index contributed by atoms with van der Waals surface area (Å²) in [6, 6.07) is 20.2. The molecule has 0 atom stereocenters. The van der Waals surface area contributed by atoms with Gasteiger partial charge in [0.15, 0.2) is 0 Å². The minimum atomic E-state index is 0.0590. The minimum absolute atomic E-state index is 0.0590. The van der Waals surface area contributed by atoms with E-state index in [4.69, 9.17) is 0 Å². The molecule has 5 nitrogen and oxygen atoms in total. The van der Waals surface area contributed by atoms with Gasteiger partial charge in [-0.05, 0) is 24.7 Å². The Hall–Kier alpha value is -2.37. The van der Waals surface area contributed by atoms with Gasteiger partial charge in [-0.15, -0.1) is 0 Å². The van der Waals surface area contributed by atoms with Crippen LogP contribution in [0, 0.1) is 0 Å². The first kappa shape index (κ1) is 18.4. The van der Waals surface area contributed by atoms with E-state index >= 15 is 0 Å². The zero-order valence-electron chi connectivity index (χ0n) is 15.5. The van der Waals surface area contributed by atoms with Gasteiger partial charge < -0.3 is 9.80 Å². The number of piperazine rings is 1. The number of hydrogen-bond acceptors (Lipinski definition) is 4. The lowest BCUT2D eigenvalue weighted by molar-refractivity contribution is -0.121. The number of nitrogens with zero attached hydrogens (tertiary/aromatic N) is 3. The molecule has 1 N–H and O–H groups in total. The van der Waals surface area contributed by atoms with Crippen LogP contribution in [0.15, 0.2) is 60.7 Å². The molecule has 0 aliphatic carbocycles. The minimum Gasteiger partial charge on any atom is -0.304 e. The predicted molar refractivity (Wildman–Crippen MR) is 106 cm³/mol. The fourth-order valence-electron chi connectivity index (χ4n) is 3.11. The van der Waals surface area contributed by atoms with Crippen molar-refractivity contribution in [3.05, 3.63) is 66.2 Å². The molecule has 2 aromatic carbocycles. The molecule has 0 saturated carbocycles. The summed E-state index contributed by atoms with van der Waals surface area (Å²) < 4.78 is 0. The van der Waals surface area contributed by atoms with E-state index in [0.29, 0.717) is 13.0 Å². The van der Waals surface area contributed by atoms with Crippen LogP contribution in [0.25, 0.3) is 0 Å². The second-order valence-electron chi connectivity index (χ2n) is 6.84. The SMILES string of the molecule is CN1CCN(CCC(=O)NN(Cc2ccccc2)c2ccccc2)CC1. The van der Waals surface area contributed by atoms with Gasteiger partial charge in [-0.2, -0.15) is 0 Å². The van der Waals surface area contributed by atoms with Crippen molar-refractivity contribution in [2.24, 2.45) is 0 Å². The van der Waals surface area contributed by atoms with Crippen molar-refractivity contribution < 1.29 is 4.79 Å². The number of carbonyl (C=O) groups excluding carboxylic acids is 1. The van der Waals surface area contributed by atoms with Gasteiger partial charge in [0.2, 0.25) is 5.91 Å². The van der Waals surface area contributed by atoms with Crippen LogP contribution in [-0.4, -0.2) is 55.5 Å². The topological polar surface area (TPSA) is 38.8 Å². The highest BCUT2D eigenvalue weighted by molar-refractivity contribution is 5.78. The number of para-hydroxylation sites is 1. The maximum absolute atomic E-state index is 12.5. The Balaban J connectivity index is 1.57. The molecule has 138 valence electrons. The fourth-order valence-corrected chi connectivity index (χ4v) is 3.11. The van der Waals surface area contributed by atoms with Gasteiger partial charge in [0.25, 0.3) is 0 Å².